The third kappa shape index (κ3) is 5.40. The van der Waals surface area contributed by atoms with Crippen LogP contribution in [0.25, 0.3) is 0 Å². The Morgan fingerprint density at radius 1 is 0.889 bits per heavy atom. The molecule has 2 amide bonds. The van der Waals surface area contributed by atoms with Crippen LogP contribution in [0.3, 0.4) is 0 Å². The smallest absolute Gasteiger partial charge is 0.410 e. The number of nitrogens with zero attached hydrogens (tertiary/aromatic N) is 2. The van der Waals surface area contributed by atoms with Gasteiger partial charge in [0.2, 0.25) is 5.91 Å². The van der Waals surface area contributed by atoms with Crippen LogP contribution < -0.4 is 0 Å². The van der Waals surface area contributed by atoms with Crippen molar-refractivity contribution in [2.45, 2.75) is 19.4 Å². The molecule has 3 rings (SSSR count). The molecule has 2 aromatic rings. The van der Waals surface area contributed by atoms with Crippen LogP contribution in [0.15, 0.2) is 47.8 Å². The van der Waals surface area contributed by atoms with Gasteiger partial charge < -0.3 is 14.5 Å². The van der Waals surface area contributed by atoms with Crippen molar-refractivity contribution in [2.24, 2.45) is 0 Å². The van der Waals surface area contributed by atoms with Gasteiger partial charge in [0.1, 0.15) is 6.61 Å². The van der Waals surface area contributed by atoms with Crippen molar-refractivity contribution >= 4 is 29.1 Å². The molecule has 1 aliphatic rings. The van der Waals surface area contributed by atoms with Crippen LogP contribution in [-0.4, -0.2) is 53.8 Å². The standard InChI is InChI=1S/C20H22N2O4S/c23-17(18-7-4-14-27-18)8-9-19(24)21-10-12-22(13-11-21)20(25)26-15-16-5-2-1-3-6-16/h1-7,14H,8-13,15H2. The zero-order chi connectivity index (χ0) is 19.1. The molecule has 0 spiro atoms. The number of carbonyl (C=O) groups is 3. The first-order valence-corrected chi connectivity index (χ1v) is 9.81. The fraction of sp³-hybridized carbons (Fsp3) is 0.350. The molecule has 27 heavy (non-hydrogen) atoms. The van der Waals surface area contributed by atoms with E-state index in [9.17, 15) is 14.4 Å². The van der Waals surface area contributed by atoms with Gasteiger partial charge in [0.05, 0.1) is 4.88 Å². The molecule has 1 aromatic heterocycles. The van der Waals surface area contributed by atoms with E-state index < -0.39 is 0 Å². The number of thiophene rings is 1. The first kappa shape index (κ1) is 19.1. The van der Waals surface area contributed by atoms with Crippen LogP contribution >= 0.6 is 11.3 Å². The van der Waals surface area contributed by atoms with E-state index >= 15 is 0 Å². The zero-order valence-corrected chi connectivity index (χ0v) is 15.8. The molecule has 1 aliphatic heterocycles. The minimum absolute atomic E-state index is 0.00137. The summed E-state index contributed by atoms with van der Waals surface area (Å²) < 4.78 is 5.32. The highest BCUT2D eigenvalue weighted by atomic mass is 32.1. The van der Waals surface area contributed by atoms with Gasteiger partial charge in [-0.25, -0.2) is 4.79 Å². The summed E-state index contributed by atoms with van der Waals surface area (Å²) in [5, 5.41) is 1.85. The number of Topliss-reactive ketones (excluding diaryl/α,β-unsaturated/α-hetero) is 1. The Hall–Kier alpha value is -2.67. The molecular weight excluding hydrogens is 364 g/mol. The molecule has 0 saturated carbocycles. The van der Waals surface area contributed by atoms with E-state index in [1.54, 1.807) is 15.9 Å². The summed E-state index contributed by atoms with van der Waals surface area (Å²) in [5.41, 5.74) is 0.940. The van der Waals surface area contributed by atoms with Gasteiger partial charge >= 0.3 is 6.09 Å². The van der Waals surface area contributed by atoms with Crippen molar-refractivity contribution in [1.82, 2.24) is 9.80 Å². The molecule has 7 heteroatoms. The molecular formula is C20H22N2O4S. The van der Waals surface area contributed by atoms with Crippen LogP contribution in [0.4, 0.5) is 4.79 Å². The number of hydrogen-bond acceptors (Lipinski definition) is 5. The Balaban J connectivity index is 1.38. The molecule has 1 saturated heterocycles. The van der Waals surface area contributed by atoms with Crippen molar-refractivity contribution in [3.8, 4) is 0 Å². The first-order chi connectivity index (χ1) is 13.1. The fourth-order valence-corrected chi connectivity index (χ4v) is 3.58. The molecule has 2 heterocycles. The van der Waals surface area contributed by atoms with Crippen molar-refractivity contribution in [3.63, 3.8) is 0 Å². The van der Waals surface area contributed by atoms with Gasteiger partial charge in [-0.3, -0.25) is 9.59 Å². The maximum Gasteiger partial charge on any atom is 0.410 e. The van der Waals surface area contributed by atoms with Crippen LogP contribution in [0.5, 0.6) is 0 Å². The largest absolute Gasteiger partial charge is 0.445 e. The minimum atomic E-state index is -0.362. The maximum atomic E-state index is 12.3. The number of carbonyl (C=O) groups excluding carboxylic acids is 3. The number of benzene rings is 1. The highest BCUT2D eigenvalue weighted by Gasteiger charge is 2.25. The second kappa shape index (κ2) is 9.32. The molecule has 0 aliphatic carbocycles. The third-order valence-electron chi connectivity index (χ3n) is 4.46. The molecule has 6 nitrogen and oxygen atoms in total. The Kier molecular flexibility index (Phi) is 6.59. The van der Waals surface area contributed by atoms with Crippen LogP contribution in [0.1, 0.15) is 28.1 Å². The summed E-state index contributed by atoms with van der Waals surface area (Å²) in [5.74, 6) is -0.0429. The van der Waals surface area contributed by atoms with Crippen molar-refractivity contribution in [1.29, 1.82) is 0 Å². The van der Waals surface area contributed by atoms with E-state index in [0.717, 1.165) is 5.56 Å². The third-order valence-corrected chi connectivity index (χ3v) is 5.37. The van der Waals surface area contributed by atoms with E-state index in [1.807, 2.05) is 41.8 Å². The lowest BCUT2D eigenvalue weighted by atomic mass is 10.1. The fourth-order valence-electron chi connectivity index (χ4n) is 2.89. The van der Waals surface area contributed by atoms with Gasteiger partial charge in [-0.2, -0.15) is 0 Å². The average molecular weight is 386 g/mol. The number of rotatable bonds is 6. The predicted octanol–water partition coefficient (Wildman–Crippen LogP) is 3.19. The van der Waals surface area contributed by atoms with E-state index in [4.69, 9.17) is 4.74 Å². The molecule has 1 fully saturated rings. The summed E-state index contributed by atoms with van der Waals surface area (Å²) in [7, 11) is 0. The monoisotopic (exact) mass is 386 g/mol. The summed E-state index contributed by atoms with van der Waals surface area (Å²) in [4.78, 5) is 40.5. The normalized spacial score (nSPS) is 14.1. The molecule has 142 valence electrons. The summed E-state index contributed by atoms with van der Waals surface area (Å²) in [6, 6.07) is 13.1. The Morgan fingerprint density at radius 3 is 2.26 bits per heavy atom. The number of ether oxygens (including phenoxy) is 1. The quantitative estimate of drug-likeness (QED) is 0.715. The molecule has 0 bridgehead atoms. The topological polar surface area (TPSA) is 66.9 Å². The van der Waals surface area contributed by atoms with Gasteiger partial charge in [0.25, 0.3) is 0 Å². The maximum absolute atomic E-state index is 12.3. The number of piperazine rings is 1. The van der Waals surface area contributed by atoms with E-state index in [1.165, 1.54) is 11.3 Å². The van der Waals surface area contributed by atoms with Gasteiger partial charge in [-0.1, -0.05) is 36.4 Å². The van der Waals surface area contributed by atoms with E-state index in [-0.39, 0.29) is 37.2 Å². The molecule has 0 N–H and O–H groups in total. The van der Waals surface area contributed by atoms with Crippen LogP contribution in [0, 0.1) is 0 Å². The van der Waals surface area contributed by atoms with Gasteiger partial charge in [0.15, 0.2) is 5.78 Å². The zero-order valence-electron chi connectivity index (χ0n) is 15.0. The van der Waals surface area contributed by atoms with E-state index in [2.05, 4.69) is 0 Å². The number of ketones is 1. The Morgan fingerprint density at radius 2 is 1.59 bits per heavy atom. The van der Waals surface area contributed by atoms with Crippen molar-refractivity contribution < 1.29 is 19.1 Å². The highest BCUT2D eigenvalue weighted by molar-refractivity contribution is 7.12. The SMILES string of the molecule is O=C(CCC(=O)N1CCN(C(=O)OCc2ccccc2)CC1)c1cccs1. The molecule has 1 aromatic carbocycles. The predicted molar refractivity (Wildman–Crippen MR) is 103 cm³/mol. The highest BCUT2D eigenvalue weighted by Crippen LogP contribution is 2.14. The lowest BCUT2D eigenvalue weighted by Crippen LogP contribution is -2.50. The van der Waals surface area contributed by atoms with Gasteiger partial charge in [-0.05, 0) is 17.0 Å². The van der Waals surface area contributed by atoms with Gasteiger partial charge in [0, 0.05) is 39.0 Å². The summed E-state index contributed by atoms with van der Waals surface area (Å²) in [6.07, 6.45) is 0.0623. The van der Waals surface area contributed by atoms with E-state index in [0.29, 0.717) is 31.1 Å². The van der Waals surface area contributed by atoms with Crippen molar-refractivity contribution in [2.75, 3.05) is 26.2 Å². The second-order valence-electron chi connectivity index (χ2n) is 6.31. The lowest BCUT2D eigenvalue weighted by molar-refractivity contribution is -0.132. The molecule has 0 atom stereocenters. The lowest BCUT2D eigenvalue weighted by Gasteiger charge is -2.34. The minimum Gasteiger partial charge on any atom is -0.445 e. The number of amides is 2. The van der Waals surface area contributed by atoms with Gasteiger partial charge in [-0.15, -0.1) is 11.3 Å². The summed E-state index contributed by atoms with van der Waals surface area (Å²) >= 11 is 1.39. The number of hydrogen-bond donors (Lipinski definition) is 0. The average Bonchev–Trinajstić information content (AvgIpc) is 3.26. The summed E-state index contributed by atoms with van der Waals surface area (Å²) in [6.45, 7) is 2.05. The first-order valence-electron chi connectivity index (χ1n) is 8.93. The Labute approximate surface area is 162 Å². The Bertz CT molecular complexity index is 769. The second-order valence-corrected chi connectivity index (χ2v) is 7.26. The van der Waals surface area contributed by atoms with Crippen LogP contribution in [-0.2, 0) is 16.1 Å². The van der Waals surface area contributed by atoms with Crippen molar-refractivity contribution in [3.05, 3.63) is 58.3 Å². The van der Waals surface area contributed by atoms with Crippen LogP contribution in [0.2, 0.25) is 0 Å². The molecule has 0 radical (unpaired) electrons. The molecule has 0 unspecified atom stereocenters.